The van der Waals surface area contributed by atoms with Crippen molar-refractivity contribution in [3.63, 3.8) is 0 Å². The zero-order chi connectivity index (χ0) is 27.9. The molecule has 198 valence electrons. The summed E-state index contributed by atoms with van der Waals surface area (Å²) in [5, 5.41) is 11.2. The SMILES string of the molecule is COC(=O)C(NC(=O)C(=N)c1cc(Cl)ccc1N)c1cncc(Cc2ccc(Cn3ccccc3=O)cc2)c1. The number of carbonyl (C=O) groups excluding carboxylic acids is 2. The van der Waals surface area contributed by atoms with Crippen LogP contribution in [0.4, 0.5) is 5.69 Å². The molecule has 0 saturated heterocycles. The van der Waals surface area contributed by atoms with E-state index in [0.29, 0.717) is 23.6 Å². The Morgan fingerprint density at radius 2 is 1.79 bits per heavy atom. The number of hydrogen-bond acceptors (Lipinski definition) is 7. The van der Waals surface area contributed by atoms with E-state index in [9.17, 15) is 14.4 Å². The fourth-order valence-corrected chi connectivity index (χ4v) is 4.19. The quantitative estimate of drug-likeness (QED) is 0.168. The van der Waals surface area contributed by atoms with Gasteiger partial charge in [0.05, 0.1) is 13.7 Å². The molecule has 0 radical (unpaired) electrons. The number of carbonyl (C=O) groups is 2. The Morgan fingerprint density at radius 3 is 2.51 bits per heavy atom. The van der Waals surface area contributed by atoms with Crippen molar-refractivity contribution in [2.45, 2.75) is 19.0 Å². The summed E-state index contributed by atoms with van der Waals surface area (Å²) < 4.78 is 6.53. The molecule has 0 saturated carbocycles. The number of nitrogen functional groups attached to an aromatic ring is 1. The van der Waals surface area contributed by atoms with Gasteiger partial charge in [-0.2, -0.15) is 0 Å². The lowest BCUT2D eigenvalue weighted by Crippen LogP contribution is -2.39. The number of hydrogen-bond donors (Lipinski definition) is 3. The second-order valence-corrected chi connectivity index (χ2v) is 9.26. The molecule has 4 N–H and O–H groups in total. The average molecular weight is 544 g/mol. The Balaban J connectivity index is 1.50. The average Bonchev–Trinajstić information content (AvgIpc) is 2.94. The highest BCUT2D eigenvalue weighted by molar-refractivity contribution is 6.46. The van der Waals surface area contributed by atoms with Crippen LogP contribution in [-0.2, 0) is 27.3 Å². The van der Waals surface area contributed by atoms with Crippen LogP contribution in [0.1, 0.15) is 33.9 Å². The zero-order valence-corrected chi connectivity index (χ0v) is 21.8. The van der Waals surface area contributed by atoms with Gasteiger partial charge in [-0.3, -0.25) is 20.0 Å². The van der Waals surface area contributed by atoms with Crippen molar-refractivity contribution in [3.8, 4) is 0 Å². The van der Waals surface area contributed by atoms with Crippen molar-refractivity contribution in [1.29, 1.82) is 5.41 Å². The molecule has 0 aliphatic heterocycles. The van der Waals surface area contributed by atoms with E-state index in [0.717, 1.165) is 16.7 Å². The Morgan fingerprint density at radius 1 is 1.05 bits per heavy atom. The third kappa shape index (κ3) is 6.77. The highest BCUT2D eigenvalue weighted by Crippen LogP contribution is 2.21. The second-order valence-electron chi connectivity index (χ2n) is 8.82. The van der Waals surface area contributed by atoms with E-state index in [1.165, 1.54) is 31.5 Å². The predicted molar refractivity (Wildman–Crippen MR) is 149 cm³/mol. The van der Waals surface area contributed by atoms with Crippen LogP contribution in [0.2, 0.25) is 5.02 Å². The first kappa shape index (κ1) is 27.3. The molecule has 0 aliphatic carbocycles. The van der Waals surface area contributed by atoms with E-state index < -0.39 is 23.6 Å². The Labute approximate surface area is 229 Å². The van der Waals surface area contributed by atoms with Gasteiger partial charge in [0.2, 0.25) is 0 Å². The van der Waals surface area contributed by atoms with E-state index >= 15 is 0 Å². The monoisotopic (exact) mass is 543 g/mol. The number of methoxy groups -OCH3 is 1. The molecule has 9 nitrogen and oxygen atoms in total. The Bertz CT molecular complexity index is 1580. The molecule has 39 heavy (non-hydrogen) atoms. The number of amides is 1. The number of anilines is 1. The summed E-state index contributed by atoms with van der Waals surface area (Å²) in [7, 11) is 1.21. The van der Waals surface area contributed by atoms with Crippen LogP contribution in [0.15, 0.2) is 90.1 Å². The predicted octanol–water partition coefficient (Wildman–Crippen LogP) is 3.52. The molecule has 4 rings (SSSR count). The van der Waals surface area contributed by atoms with Gasteiger partial charge in [0, 0.05) is 46.5 Å². The van der Waals surface area contributed by atoms with Crippen molar-refractivity contribution >= 4 is 34.9 Å². The van der Waals surface area contributed by atoms with Gasteiger partial charge < -0.3 is 20.4 Å². The molecule has 4 aromatic rings. The van der Waals surface area contributed by atoms with Crippen LogP contribution in [0.3, 0.4) is 0 Å². The molecule has 0 aliphatic rings. The van der Waals surface area contributed by atoms with Crippen molar-refractivity contribution in [1.82, 2.24) is 14.9 Å². The van der Waals surface area contributed by atoms with Gasteiger partial charge in [0.1, 0.15) is 5.71 Å². The molecule has 1 unspecified atom stereocenters. The molecule has 2 aromatic carbocycles. The van der Waals surface area contributed by atoms with E-state index in [4.69, 9.17) is 27.5 Å². The summed E-state index contributed by atoms with van der Waals surface area (Å²) in [5.74, 6) is -1.53. The number of nitrogens with two attached hydrogens (primary N) is 1. The van der Waals surface area contributed by atoms with Crippen LogP contribution >= 0.6 is 11.6 Å². The van der Waals surface area contributed by atoms with Crippen molar-refractivity contribution in [2.24, 2.45) is 0 Å². The van der Waals surface area contributed by atoms with Crippen molar-refractivity contribution in [2.75, 3.05) is 12.8 Å². The van der Waals surface area contributed by atoms with E-state index in [2.05, 4.69) is 10.3 Å². The molecule has 0 fully saturated rings. The molecule has 0 spiro atoms. The van der Waals surface area contributed by atoms with Crippen LogP contribution in [0.25, 0.3) is 0 Å². The molecule has 10 heteroatoms. The number of esters is 1. The van der Waals surface area contributed by atoms with Gasteiger partial charge in [-0.25, -0.2) is 4.79 Å². The molecule has 2 aromatic heterocycles. The smallest absolute Gasteiger partial charge is 0.333 e. The standard InChI is InChI=1S/C29H26ClN5O4/c1-39-29(38)27(34-28(37)26(32)23-14-22(30)9-10-24(23)31)21-13-20(15-33-16-21)12-18-5-7-19(8-6-18)17-35-11-3-2-4-25(35)36/h2-11,13-16,27,32H,12,17,31H2,1H3,(H,34,37). The summed E-state index contributed by atoms with van der Waals surface area (Å²) in [4.78, 5) is 41.7. The summed E-state index contributed by atoms with van der Waals surface area (Å²) in [6, 6.07) is 17.9. The topological polar surface area (TPSA) is 140 Å². The zero-order valence-electron chi connectivity index (χ0n) is 21.1. The van der Waals surface area contributed by atoms with E-state index in [1.54, 1.807) is 35.2 Å². The van der Waals surface area contributed by atoms with Gasteiger partial charge in [0.25, 0.3) is 11.5 Å². The maximum Gasteiger partial charge on any atom is 0.333 e. The van der Waals surface area contributed by atoms with Gasteiger partial charge in [0.15, 0.2) is 6.04 Å². The largest absolute Gasteiger partial charge is 0.467 e. The number of aromatic nitrogens is 2. The highest BCUT2D eigenvalue weighted by atomic mass is 35.5. The van der Waals surface area contributed by atoms with E-state index in [-0.39, 0.29) is 16.8 Å². The first-order valence-corrected chi connectivity index (χ1v) is 12.3. The van der Waals surface area contributed by atoms with Gasteiger partial charge in [-0.05, 0) is 53.4 Å². The fraction of sp³-hybridized carbons (Fsp3) is 0.138. The Kier molecular flexibility index (Phi) is 8.53. The van der Waals surface area contributed by atoms with Crippen LogP contribution in [-0.4, -0.2) is 34.2 Å². The fourth-order valence-electron chi connectivity index (χ4n) is 4.02. The first-order valence-electron chi connectivity index (χ1n) is 11.9. The number of benzene rings is 2. The minimum absolute atomic E-state index is 0.0668. The molecule has 1 atom stereocenters. The second kappa shape index (κ2) is 12.2. The molecule has 1 amide bonds. The molecular weight excluding hydrogens is 518 g/mol. The van der Waals surface area contributed by atoms with Gasteiger partial charge in [-0.15, -0.1) is 0 Å². The number of halogens is 1. The van der Waals surface area contributed by atoms with Crippen molar-refractivity contribution in [3.05, 3.63) is 129 Å². The third-order valence-electron chi connectivity index (χ3n) is 6.06. The maximum atomic E-state index is 12.9. The van der Waals surface area contributed by atoms with Gasteiger partial charge in [-0.1, -0.05) is 41.9 Å². The molecule has 0 bridgehead atoms. The molecule has 2 heterocycles. The summed E-state index contributed by atoms with van der Waals surface area (Å²) in [5.41, 5.74) is 8.94. The number of ether oxygens (including phenoxy) is 1. The lowest BCUT2D eigenvalue weighted by atomic mass is 10.0. The highest BCUT2D eigenvalue weighted by Gasteiger charge is 2.27. The van der Waals surface area contributed by atoms with Crippen LogP contribution in [0, 0.1) is 5.41 Å². The summed E-state index contributed by atoms with van der Waals surface area (Å²) in [6.45, 7) is 0.466. The first-order chi connectivity index (χ1) is 18.7. The number of rotatable bonds is 9. The maximum absolute atomic E-state index is 12.9. The van der Waals surface area contributed by atoms with Crippen LogP contribution in [0.5, 0.6) is 0 Å². The number of nitrogens with one attached hydrogen (secondary N) is 2. The van der Waals surface area contributed by atoms with Gasteiger partial charge >= 0.3 is 5.97 Å². The minimum atomic E-state index is -1.19. The molecular formula is C29H26ClN5O4. The lowest BCUT2D eigenvalue weighted by molar-refractivity contribution is -0.144. The Hall–Kier alpha value is -4.76. The lowest BCUT2D eigenvalue weighted by Gasteiger charge is -2.18. The van der Waals surface area contributed by atoms with Crippen molar-refractivity contribution < 1.29 is 14.3 Å². The number of pyridine rings is 2. The summed E-state index contributed by atoms with van der Waals surface area (Å²) >= 11 is 6.00. The normalized spacial score (nSPS) is 11.4. The van der Waals surface area contributed by atoms with Crippen LogP contribution < -0.4 is 16.6 Å². The summed E-state index contributed by atoms with van der Waals surface area (Å²) in [6.07, 6.45) is 5.40. The third-order valence-corrected chi connectivity index (χ3v) is 6.29. The van der Waals surface area contributed by atoms with E-state index in [1.807, 2.05) is 30.3 Å². The minimum Gasteiger partial charge on any atom is -0.467 e. The number of nitrogens with zero attached hydrogens (tertiary/aromatic N) is 2.